The number of nitrogens with zero attached hydrogens (tertiary/aromatic N) is 1. The number of ether oxygens (including phenoxy) is 1. The van der Waals surface area contributed by atoms with Gasteiger partial charge >= 0.3 is 5.97 Å². The molecule has 0 radical (unpaired) electrons. The van der Waals surface area contributed by atoms with Gasteiger partial charge in [-0.25, -0.2) is 13.2 Å². The average Bonchev–Trinajstić information content (AvgIpc) is 2.38. The van der Waals surface area contributed by atoms with E-state index in [0.717, 1.165) is 31.2 Å². The SMILES string of the molecule is C=CC(=O)OCC[N+](C)(CC)CC.COS(=O)(=O)[O-]. The van der Waals surface area contributed by atoms with Crippen LogP contribution in [0, 0.1) is 0 Å². The second-order valence-electron chi connectivity index (χ2n) is 3.92. The minimum Gasteiger partial charge on any atom is -0.726 e. The van der Waals surface area contributed by atoms with E-state index in [1.807, 2.05) is 0 Å². The molecule has 0 saturated heterocycles. The van der Waals surface area contributed by atoms with Crippen molar-refractivity contribution in [1.82, 2.24) is 0 Å². The fraction of sp³-hybridized carbons (Fsp3) is 0.727. The highest BCUT2D eigenvalue weighted by molar-refractivity contribution is 7.80. The van der Waals surface area contributed by atoms with E-state index in [1.54, 1.807) is 0 Å². The van der Waals surface area contributed by atoms with E-state index in [-0.39, 0.29) is 5.97 Å². The molecule has 0 N–H and O–H groups in total. The molecule has 0 unspecified atom stereocenters. The highest BCUT2D eigenvalue weighted by Crippen LogP contribution is 2.00. The Labute approximate surface area is 115 Å². The molecule has 0 saturated carbocycles. The lowest BCUT2D eigenvalue weighted by atomic mass is 10.4. The number of rotatable bonds is 7. The molecule has 0 bridgehead atoms. The molecule has 0 aliphatic heterocycles. The van der Waals surface area contributed by atoms with Gasteiger partial charge < -0.3 is 13.8 Å². The molecule has 0 rings (SSSR count). The molecule has 0 amide bonds. The third-order valence-electron chi connectivity index (χ3n) is 2.77. The lowest BCUT2D eigenvalue weighted by molar-refractivity contribution is -0.906. The Hall–Kier alpha value is -0.960. The Bertz CT molecular complexity index is 361. The zero-order valence-electron chi connectivity index (χ0n) is 11.9. The van der Waals surface area contributed by atoms with E-state index in [0.29, 0.717) is 6.61 Å². The van der Waals surface area contributed by atoms with Crippen molar-refractivity contribution in [3.05, 3.63) is 12.7 Å². The summed E-state index contributed by atoms with van der Waals surface area (Å²) >= 11 is 0. The van der Waals surface area contributed by atoms with E-state index in [2.05, 4.69) is 31.7 Å². The van der Waals surface area contributed by atoms with Gasteiger partial charge in [-0.2, -0.15) is 0 Å². The van der Waals surface area contributed by atoms with Crippen LogP contribution < -0.4 is 0 Å². The number of likely N-dealkylation sites (N-methyl/N-ethyl adjacent to an activating group) is 1. The molecule has 7 nitrogen and oxygen atoms in total. The van der Waals surface area contributed by atoms with E-state index in [1.165, 1.54) is 6.08 Å². The van der Waals surface area contributed by atoms with Crippen LogP contribution in [0.3, 0.4) is 0 Å². The number of carbonyl (C=O) groups is 1. The van der Waals surface area contributed by atoms with Gasteiger partial charge in [-0.3, -0.25) is 4.18 Å². The van der Waals surface area contributed by atoms with E-state index in [4.69, 9.17) is 4.74 Å². The Morgan fingerprint density at radius 2 is 1.79 bits per heavy atom. The molecule has 0 aromatic rings. The summed E-state index contributed by atoms with van der Waals surface area (Å²) in [6.45, 7) is 11.1. The topological polar surface area (TPSA) is 92.7 Å². The number of esters is 1. The van der Waals surface area contributed by atoms with Gasteiger partial charge in [0, 0.05) is 6.08 Å². The summed E-state index contributed by atoms with van der Waals surface area (Å²) in [4.78, 5) is 10.7. The van der Waals surface area contributed by atoms with Crippen molar-refractivity contribution in [1.29, 1.82) is 0 Å². The molecule has 0 aromatic carbocycles. The van der Waals surface area contributed by atoms with E-state index < -0.39 is 10.4 Å². The molecule has 0 heterocycles. The monoisotopic (exact) mass is 297 g/mol. The molecule has 0 fully saturated rings. The largest absolute Gasteiger partial charge is 0.726 e. The van der Waals surface area contributed by atoms with Crippen LogP contribution in [-0.2, 0) is 24.1 Å². The van der Waals surface area contributed by atoms with Gasteiger partial charge in [0.25, 0.3) is 0 Å². The molecule has 0 aromatic heterocycles. The number of hydrogen-bond acceptors (Lipinski definition) is 6. The van der Waals surface area contributed by atoms with Crippen LogP contribution in [0.15, 0.2) is 12.7 Å². The fourth-order valence-corrected chi connectivity index (χ4v) is 0.965. The zero-order chi connectivity index (χ0) is 15.5. The lowest BCUT2D eigenvalue weighted by Crippen LogP contribution is -2.46. The predicted octanol–water partition coefficient (Wildman–Crippen LogP) is 0.295. The molecule has 8 heteroatoms. The smallest absolute Gasteiger partial charge is 0.330 e. The Kier molecular flexibility index (Phi) is 10.6. The number of carbonyl (C=O) groups excluding carboxylic acids is 1. The molecule has 114 valence electrons. The first-order valence-electron chi connectivity index (χ1n) is 5.78. The Morgan fingerprint density at radius 3 is 2.05 bits per heavy atom. The van der Waals surface area contributed by atoms with Crippen LogP contribution in [0.4, 0.5) is 0 Å². The summed E-state index contributed by atoms with van der Waals surface area (Å²) in [7, 11) is -1.45. The molecular formula is C11H23NO6S. The van der Waals surface area contributed by atoms with Crippen molar-refractivity contribution in [3.63, 3.8) is 0 Å². The minimum absolute atomic E-state index is 0.334. The standard InChI is InChI=1S/C10H20NO2.CH4O4S/c1-5-10(12)13-9-8-11(4,6-2)7-3;1-5-6(2,3)4/h5H,1,6-9H2,2-4H3;1H3,(H,2,3,4)/q+1;/p-1. The maximum absolute atomic E-state index is 10.7. The highest BCUT2D eigenvalue weighted by atomic mass is 32.3. The average molecular weight is 297 g/mol. The minimum atomic E-state index is -4.41. The van der Waals surface area contributed by atoms with Gasteiger partial charge in [0.05, 0.1) is 27.2 Å². The van der Waals surface area contributed by atoms with Crippen molar-refractivity contribution in [2.45, 2.75) is 13.8 Å². The molecular weight excluding hydrogens is 274 g/mol. The molecule has 0 aliphatic carbocycles. The van der Waals surface area contributed by atoms with Gasteiger partial charge in [-0.1, -0.05) is 6.58 Å². The Morgan fingerprint density at radius 1 is 1.37 bits per heavy atom. The summed E-state index contributed by atoms with van der Waals surface area (Å²) in [5.41, 5.74) is 0. The maximum Gasteiger partial charge on any atom is 0.330 e. The first kappa shape index (κ1) is 20.4. The quantitative estimate of drug-likeness (QED) is 0.220. The lowest BCUT2D eigenvalue weighted by Gasteiger charge is -2.31. The van der Waals surface area contributed by atoms with Gasteiger partial charge in [0.15, 0.2) is 0 Å². The van der Waals surface area contributed by atoms with Crippen molar-refractivity contribution in [2.75, 3.05) is 40.4 Å². The van der Waals surface area contributed by atoms with Crippen LogP contribution in [-0.4, -0.2) is 63.8 Å². The summed E-state index contributed by atoms with van der Waals surface area (Å²) in [6, 6.07) is 0. The summed E-state index contributed by atoms with van der Waals surface area (Å²) in [5.74, 6) is -0.334. The van der Waals surface area contributed by atoms with Crippen LogP contribution >= 0.6 is 0 Å². The maximum atomic E-state index is 10.7. The number of quaternary nitrogens is 1. The zero-order valence-corrected chi connectivity index (χ0v) is 12.7. The summed E-state index contributed by atoms with van der Waals surface area (Å²) in [5, 5.41) is 0. The summed E-state index contributed by atoms with van der Waals surface area (Å²) < 4.78 is 36.9. The second-order valence-corrected chi connectivity index (χ2v) is 5.07. The molecule has 0 atom stereocenters. The van der Waals surface area contributed by atoms with Gasteiger partial charge in [0.2, 0.25) is 10.4 Å². The van der Waals surface area contributed by atoms with Gasteiger partial charge in [-0.05, 0) is 13.8 Å². The van der Waals surface area contributed by atoms with Crippen LogP contribution in [0.5, 0.6) is 0 Å². The first-order chi connectivity index (χ1) is 8.64. The van der Waals surface area contributed by atoms with Crippen LogP contribution in [0.25, 0.3) is 0 Å². The van der Waals surface area contributed by atoms with Gasteiger partial charge in [-0.15, -0.1) is 0 Å². The van der Waals surface area contributed by atoms with E-state index >= 15 is 0 Å². The molecule has 0 spiro atoms. The second kappa shape index (κ2) is 9.90. The highest BCUT2D eigenvalue weighted by Gasteiger charge is 2.16. The fourth-order valence-electron chi connectivity index (χ4n) is 0.965. The predicted molar refractivity (Wildman–Crippen MR) is 70.0 cm³/mol. The van der Waals surface area contributed by atoms with Crippen LogP contribution in [0.1, 0.15) is 13.8 Å². The van der Waals surface area contributed by atoms with E-state index in [9.17, 15) is 17.8 Å². The first-order valence-corrected chi connectivity index (χ1v) is 7.11. The van der Waals surface area contributed by atoms with Crippen molar-refractivity contribution >= 4 is 16.4 Å². The van der Waals surface area contributed by atoms with Crippen LogP contribution in [0.2, 0.25) is 0 Å². The van der Waals surface area contributed by atoms with Gasteiger partial charge in [0.1, 0.15) is 13.2 Å². The summed E-state index contributed by atoms with van der Waals surface area (Å²) in [6.07, 6.45) is 1.20. The van der Waals surface area contributed by atoms with Crippen molar-refractivity contribution in [3.8, 4) is 0 Å². The van der Waals surface area contributed by atoms with Crippen molar-refractivity contribution < 1.29 is 31.2 Å². The third kappa shape index (κ3) is 13.3. The number of hydrogen-bond donors (Lipinski definition) is 0. The third-order valence-corrected chi connectivity index (χ3v) is 3.18. The molecule has 19 heavy (non-hydrogen) atoms. The van der Waals surface area contributed by atoms with Crippen molar-refractivity contribution in [2.24, 2.45) is 0 Å². The normalized spacial score (nSPS) is 11.2. The Balaban J connectivity index is 0. The molecule has 0 aliphatic rings.